The van der Waals surface area contributed by atoms with Crippen molar-refractivity contribution in [3.63, 3.8) is 0 Å². The molecule has 1 N–H and O–H groups in total. The molecule has 1 aromatic carbocycles. The van der Waals surface area contributed by atoms with Crippen LogP contribution in [0, 0.1) is 11.6 Å². The summed E-state index contributed by atoms with van der Waals surface area (Å²) in [6.07, 6.45) is 0. The average Bonchev–Trinajstić information content (AvgIpc) is 3.02. The Kier molecular flexibility index (Phi) is 4.46. The lowest BCUT2D eigenvalue weighted by Crippen LogP contribution is -2.25. The molecule has 6 heteroatoms. The summed E-state index contributed by atoms with van der Waals surface area (Å²) in [5.41, 5.74) is 1.61. The van der Waals surface area contributed by atoms with E-state index >= 15 is 0 Å². The predicted molar refractivity (Wildman–Crippen MR) is 86.2 cm³/mol. The number of rotatable bonds is 4. The van der Waals surface area contributed by atoms with Gasteiger partial charge in [-0.3, -0.25) is 9.69 Å². The van der Waals surface area contributed by atoms with Crippen molar-refractivity contribution < 1.29 is 13.6 Å². The summed E-state index contributed by atoms with van der Waals surface area (Å²) in [7, 11) is 0. The third kappa shape index (κ3) is 3.59. The van der Waals surface area contributed by atoms with E-state index in [0.717, 1.165) is 19.2 Å². The van der Waals surface area contributed by atoms with Crippen LogP contribution in [0.15, 0.2) is 24.3 Å². The monoisotopic (exact) mass is 336 g/mol. The van der Waals surface area contributed by atoms with Crippen LogP contribution in [0.5, 0.6) is 0 Å². The molecule has 1 aliphatic heterocycles. The van der Waals surface area contributed by atoms with Gasteiger partial charge in [0.25, 0.3) is 5.91 Å². The summed E-state index contributed by atoms with van der Waals surface area (Å²) < 4.78 is 26.3. The van der Waals surface area contributed by atoms with Crippen LogP contribution >= 0.6 is 11.3 Å². The zero-order valence-corrected chi connectivity index (χ0v) is 13.8. The Bertz CT molecular complexity index is 698. The van der Waals surface area contributed by atoms with Crippen LogP contribution in [0.1, 0.15) is 39.5 Å². The molecule has 0 aliphatic carbocycles. The van der Waals surface area contributed by atoms with Gasteiger partial charge in [0.05, 0.1) is 4.88 Å². The molecule has 2 aromatic rings. The predicted octanol–water partition coefficient (Wildman–Crippen LogP) is 3.68. The minimum Gasteiger partial charge on any atom is -0.347 e. The molecule has 1 aliphatic rings. The zero-order chi connectivity index (χ0) is 16.6. The Labute approximate surface area is 137 Å². The number of amides is 1. The Morgan fingerprint density at radius 1 is 1.22 bits per heavy atom. The van der Waals surface area contributed by atoms with E-state index in [-0.39, 0.29) is 12.5 Å². The van der Waals surface area contributed by atoms with Crippen LogP contribution in [-0.4, -0.2) is 16.8 Å². The molecule has 23 heavy (non-hydrogen) atoms. The number of thiophene rings is 1. The molecule has 0 unspecified atom stereocenters. The number of hydrogen-bond donors (Lipinski definition) is 1. The summed E-state index contributed by atoms with van der Waals surface area (Å²) in [5, 5.41) is 2.72. The lowest BCUT2D eigenvalue weighted by atomic mass is 10.2. The van der Waals surface area contributed by atoms with E-state index in [0.29, 0.717) is 16.5 Å². The first-order valence-corrected chi connectivity index (χ1v) is 8.33. The first-order chi connectivity index (χ1) is 10.9. The summed E-state index contributed by atoms with van der Waals surface area (Å²) in [6.45, 7) is 6.16. The second kappa shape index (κ2) is 6.37. The molecule has 122 valence electrons. The van der Waals surface area contributed by atoms with E-state index in [1.807, 2.05) is 6.07 Å². The van der Waals surface area contributed by atoms with E-state index in [1.165, 1.54) is 33.9 Å². The minimum atomic E-state index is -0.641. The van der Waals surface area contributed by atoms with Crippen molar-refractivity contribution in [2.24, 2.45) is 0 Å². The summed E-state index contributed by atoms with van der Waals surface area (Å²) in [6, 6.07) is 5.66. The highest BCUT2D eigenvalue weighted by Crippen LogP contribution is 2.32. The van der Waals surface area contributed by atoms with Crippen LogP contribution in [0.25, 0.3) is 0 Å². The first kappa shape index (κ1) is 16.1. The second-order valence-corrected chi connectivity index (χ2v) is 7.15. The van der Waals surface area contributed by atoms with E-state index in [1.54, 1.807) is 0 Å². The summed E-state index contributed by atoms with van der Waals surface area (Å²) in [5.74, 6) is -1.48. The van der Waals surface area contributed by atoms with Crippen LogP contribution in [0.2, 0.25) is 0 Å². The van der Waals surface area contributed by atoms with Crippen molar-refractivity contribution in [1.29, 1.82) is 0 Å². The largest absolute Gasteiger partial charge is 0.347 e. The van der Waals surface area contributed by atoms with Gasteiger partial charge in [0, 0.05) is 36.6 Å². The number of carbonyl (C=O) groups excluding carboxylic acids is 1. The fraction of sp³-hybridized carbons (Fsp3) is 0.353. The number of hydrogen-bond acceptors (Lipinski definition) is 3. The maximum atomic E-state index is 13.1. The van der Waals surface area contributed by atoms with Crippen LogP contribution < -0.4 is 5.32 Å². The fourth-order valence-corrected chi connectivity index (χ4v) is 3.77. The van der Waals surface area contributed by atoms with Crippen molar-refractivity contribution in [2.45, 2.75) is 39.5 Å². The van der Waals surface area contributed by atoms with Gasteiger partial charge < -0.3 is 5.32 Å². The van der Waals surface area contributed by atoms with Gasteiger partial charge in [0.15, 0.2) is 0 Å². The molecule has 3 rings (SSSR count). The highest BCUT2D eigenvalue weighted by atomic mass is 32.1. The molecule has 0 atom stereocenters. The Hall–Kier alpha value is -1.79. The van der Waals surface area contributed by atoms with Crippen molar-refractivity contribution in [3.05, 3.63) is 56.8 Å². The number of fused-ring (bicyclic) bond motifs is 1. The molecule has 1 amide bonds. The fourth-order valence-electron chi connectivity index (χ4n) is 2.65. The Balaban J connectivity index is 1.63. The molecule has 2 heterocycles. The third-order valence-electron chi connectivity index (χ3n) is 3.95. The quantitative estimate of drug-likeness (QED) is 0.924. The lowest BCUT2D eigenvalue weighted by molar-refractivity contribution is 0.0954. The van der Waals surface area contributed by atoms with E-state index in [2.05, 4.69) is 24.1 Å². The highest BCUT2D eigenvalue weighted by Gasteiger charge is 2.25. The molecule has 0 saturated carbocycles. The second-order valence-electron chi connectivity index (χ2n) is 6.02. The molecule has 0 spiro atoms. The number of carbonyl (C=O) groups is 1. The molecular weight excluding hydrogens is 318 g/mol. The minimum absolute atomic E-state index is 0.105. The first-order valence-electron chi connectivity index (χ1n) is 7.51. The van der Waals surface area contributed by atoms with Crippen LogP contribution in [-0.2, 0) is 19.6 Å². The molecule has 0 radical (unpaired) electrons. The van der Waals surface area contributed by atoms with Gasteiger partial charge in [-0.25, -0.2) is 8.78 Å². The van der Waals surface area contributed by atoms with Gasteiger partial charge in [-0.15, -0.1) is 11.3 Å². The summed E-state index contributed by atoms with van der Waals surface area (Å²) >= 11 is 1.49. The number of nitrogens with zero attached hydrogens (tertiary/aromatic N) is 1. The van der Waals surface area contributed by atoms with Gasteiger partial charge in [0.1, 0.15) is 11.6 Å². The highest BCUT2D eigenvalue weighted by molar-refractivity contribution is 7.14. The van der Waals surface area contributed by atoms with E-state index in [9.17, 15) is 13.6 Å². The van der Waals surface area contributed by atoms with Gasteiger partial charge in [-0.05, 0) is 43.2 Å². The standard InChI is InChI=1S/C17H18F2N2OS/c1-10(2)21-8-12-5-15(23-16(12)9-21)17(22)20-7-11-3-13(18)6-14(19)4-11/h3-6,10H,7-9H2,1-2H3,(H,20,22). The molecule has 0 fully saturated rings. The van der Waals surface area contributed by atoms with Crippen molar-refractivity contribution in [1.82, 2.24) is 10.2 Å². The maximum Gasteiger partial charge on any atom is 0.261 e. The lowest BCUT2D eigenvalue weighted by Gasteiger charge is -2.19. The smallest absolute Gasteiger partial charge is 0.261 e. The van der Waals surface area contributed by atoms with Crippen molar-refractivity contribution >= 4 is 17.2 Å². The molecule has 0 bridgehead atoms. The number of nitrogens with one attached hydrogen (secondary N) is 1. The van der Waals surface area contributed by atoms with E-state index < -0.39 is 11.6 Å². The van der Waals surface area contributed by atoms with Gasteiger partial charge in [-0.2, -0.15) is 0 Å². The van der Waals surface area contributed by atoms with E-state index in [4.69, 9.17) is 0 Å². The molecular formula is C17H18F2N2OS. The number of halogens is 2. The topological polar surface area (TPSA) is 32.3 Å². The molecule has 1 aromatic heterocycles. The average molecular weight is 336 g/mol. The third-order valence-corrected chi connectivity index (χ3v) is 5.11. The Morgan fingerprint density at radius 2 is 1.91 bits per heavy atom. The molecule has 0 saturated heterocycles. The van der Waals surface area contributed by atoms with Crippen molar-refractivity contribution in [3.8, 4) is 0 Å². The van der Waals surface area contributed by atoms with Gasteiger partial charge in [-0.1, -0.05) is 0 Å². The van der Waals surface area contributed by atoms with Crippen molar-refractivity contribution in [2.75, 3.05) is 0 Å². The SMILES string of the molecule is CC(C)N1Cc2cc(C(=O)NCc3cc(F)cc(F)c3)sc2C1. The van der Waals surface area contributed by atoms with Gasteiger partial charge in [0.2, 0.25) is 0 Å². The number of benzene rings is 1. The summed E-state index contributed by atoms with van der Waals surface area (Å²) in [4.78, 5) is 16.4. The van der Waals surface area contributed by atoms with Crippen LogP contribution in [0.4, 0.5) is 8.78 Å². The zero-order valence-electron chi connectivity index (χ0n) is 13.0. The normalized spacial score (nSPS) is 14.3. The maximum absolute atomic E-state index is 13.1. The molecule has 3 nitrogen and oxygen atoms in total. The van der Waals surface area contributed by atoms with Gasteiger partial charge >= 0.3 is 0 Å². The Morgan fingerprint density at radius 3 is 2.52 bits per heavy atom. The van der Waals surface area contributed by atoms with Crippen LogP contribution in [0.3, 0.4) is 0 Å².